The van der Waals surface area contributed by atoms with Gasteiger partial charge in [0.15, 0.2) is 6.54 Å². The number of amides is 1. The highest BCUT2D eigenvalue weighted by atomic mass is 16.5. The zero-order chi connectivity index (χ0) is 20.1. The lowest BCUT2D eigenvalue weighted by Crippen LogP contribution is -3.09. The molecule has 1 unspecified atom stereocenters. The molecule has 0 bridgehead atoms. The Morgan fingerprint density at radius 2 is 1.96 bits per heavy atom. The standard InChI is InChI=1S/C21H27N3O4/c1-4-28-21(26)20-15(2)16-7-5-6-8-17(16)22-18(20)13-23(3)14-19(25)24-9-11-27-12-10-24/h5-8H,4,9-14H2,1-3H3/p+1. The van der Waals surface area contributed by atoms with Crippen LogP contribution in [0.1, 0.15) is 28.5 Å². The van der Waals surface area contributed by atoms with Crippen LogP contribution in [0.5, 0.6) is 0 Å². The highest BCUT2D eigenvalue weighted by molar-refractivity contribution is 5.98. The molecule has 1 saturated heterocycles. The fraction of sp³-hybridized carbons (Fsp3) is 0.476. The van der Waals surface area contributed by atoms with E-state index in [2.05, 4.69) is 0 Å². The number of aromatic nitrogens is 1. The molecule has 1 N–H and O–H groups in total. The molecule has 1 fully saturated rings. The number of aryl methyl sites for hydroxylation is 1. The molecule has 2 heterocycles. The topological polar surface area (TPSA) is 73.2 Å². The minimum atomic E-state index is -0.361. The summed E-state index contributed by atoms with van der Waals surface area (Å²) in [5.41, 5.74) is 2.89. The van der Waals surface area contributed by atoms with Crippen LogP contribution < -0.4 is 4.90 Å². The number of likely N-dealkylation sites (N-methyl/N-ethyl adjacent to an activating group) is 1. The van der Waals surface area contributed by atoms with Crippen molar-refractivity contribution < 1.29 is 24.0 Å². The van der Waals surface area contributed by atoms with Gasteiger partial charge in [0.25, 0.3) is 5.91 Å². The number of carbonyl (C=O) groups is 2. The van der Waals surface area contributed by atoms with Crippen LogP contribution in [0, 0.1) is 6.92 Å². The molecule has 2 aromatic rings. The first-order valence-corrected chi connectivity index (χ1v) is 9.73. The van der Waals surface area contributed by atoms with E-state index in [1.807, 2.05) is 43.1 Å². The van der Waals surface area contributed by atoms with Gasteiger partial charge in [0.1, 0.15) is 12.2 Å². The number of quaternary nitrogens is 1. The first-order chi connectivity index (χ1) is 13.5. The number of para-hydroxylation sites is 1. The molecule has 0 saturated carbocycles. The van der Waals surface area contributed by atoms with E-state index in [1.165, 1.54) is 0 Å². The van der Waals surface area contributed by atoms with Gasteiger partial charge < -0.3 is 19.3 Å². The summed E-state index contributed by atoms with van der Waals surface area (Å²) >= 11 is 0. The van der Waals surface area contributed by atoms with Crippen molar-refractivity contribution in [1.82, 2.24) is 9.88 Å². The Morgan fingerprint density at radius 3 is 2.68 bits per heavy atom. The van der Waals surface area contributed by atoms with Crippen LogP contribution in [0.4, 0.5) is 0 Å². The zero-order valence-electron chi connectivity index (χ0n) is 16.8. The Bertz CT molecular complexity index is 862. The van der Waals surface area contributed by atoms with E-state index in [0.29, 0.717) is 57.3 Å². The molecule has 0 radical (unpaired) electrons. The molecule has 1 aliphatic heterocycles. The van der Waals surface area contributed by atoms with Gasteiger partial charge in [0.2, 0.25) is 0 Å². The molecule has 7 nitrogen and oxygen atoms in total. The molecule has 1 amide bonds. The quantitative estimate of drug-likeness (QED) is 0.736. The van der Waals surface area contributed by atoms with Crippen molar-refractivity contribution in [1.29, 1.82) is 0 Å². The Hall–Kier alpha value is -2.51. The Kier molecular flexibility index (Phi) is 6.59. The fourth-order valence-corrected chi connectivity index (χ4v) is 3.57. The molecule has 1 aliphatic rings. The summed E-state index contributed by atoms with van der Waals surface area (Å²) in [5, 5.41) is 0.941. The van der Waals surface area contributed by atoms with Crippen LogP contribution in [0.25, 0.3) is 10.9 Å². The number of rotatable bonds is 6. The Labute approximate surface area is 165 Å². The number of carbonyl (C=O) groups excluding carboxylic acids is 2. The lowest BCUT2D eigenvalue weighted by Gasteiger charge is -2.27. The number of hydrogen-bond acceptors (Lipinski definition) is 5. The smallest absolute Gasteiger partial charge is 0.340 e. The second-order valence-corrected chi connectivity index (χ2v) is 7.10. The van der Waals surface area contributed by atoms with E-state index in [0.717, 1.165) is 21.4 Å². The monoisotopic (exact) mass is 386 g/mol. The van der Waals surface area contributed by atoms with Crippen molar-refractivity contribution in [3.05, 3.63) is 41.1 Å². The molecule has 0 spiro atoms. The average molecular weight is 386 g/mol. The number of benzene rings is 1. The van der Waals surface area contributed by atoms with Crippen LogP contribution >= 0.6 is 0 Å². The summed E-state index contributed by atoms with van der Waals surface area (Å²) in [7, 11) is 1.94. The lowest BCUT2D eigenvalue weighted by atomic mass is 10.0. The minimum absolute atomic E-state index is 0.0935. The summed E-state index contributed by atoms with van der Waals surface area (Å²) in [6.07, 6.45) is 0. The van der Waals surface area contributed by atoms with Crippen molar-refractivity contribution in [2.24, 2.45) is 0 Å². The molecule has 0 aliphatic carbocycles. The summed E-state index contributed by atoms with van der Waals surface area (Å²) < 4.78 is 10.6. The maximum absolute atomic E-state index is 12.6. The molecule has 7 heteroatoms. The molecular formula is C21H28N3O4+. The molecule has 1 aromatic carbocycles. The number of morpholine rings is 1. The molecule has 28 heavy (non-hydrogen) atoms. The van der Waals surface area contributed by atoms with E-state index >= 15 is 0 Å². The van der Waals surface area contributed by atoms with Crippen molar-refractivity contribution in [2.45, 2.75) is 20.4 Å². The van der Waals surface area contributed by atoms with E-state index in [9.17, 15) is 9.59 Å². The number of pyridine rings is 1. The van der Waals surface area contributed by atoms with Gasteiger partial charge in [-0.15, -0.1) is 0 Å². The molecule has 150 valence electrons. The van der Waals surface area contributed by atoms with Gasteiger partial charge in [-0.2, -0.15) is 0 Å². The number of hydrogen-bond donors (Lipinski definition) is 1. The molecule has 3 rings (SSSR count). The maximum atomic E-state index is 12.6. The first-order valence-electron chi connectivity index (χ1n) is 9.73. The third kappa shape index (κ3) is 4.48. The van der Waals surface area contributed by atoms with Gasteiger partial charge in [0, 0.05) is 18.5 Å². The van der Waals surface area contributed by atoms with Gasteiger partial charge in [-0.05, 0) is 25.5 Å². The summed E-state index contributed by atoms with van der Waals surface area (Å²) in [4.78, 5) is 32.7. The third-order valence-corrected chi connectivity index (χ3v) is 4.99. The minimum Gasteiger partial charge on any atom is -0.462 e. The van der Waals surface area contributed by atoms with E-state index in [4.69, 9.17) is 14.5 Å². The van der Waals surface area contributed by atoms with Gasteiger partial charge in [0.05, 0.1) is 37.9 Å². The van der Waals surface area contributed by atoms with Crippen LogP contribution in [-0.2, 0) is 20.8 Å². The van der Waals surface area contributed by atoms with Crippen LogP contribution in [0.3, 0.4) is 0 Å². The fourth-order valence-electron chi connectivity index (χ4n) is 3.57. The van der Waals surface area contributed by atoms with Gasteiger partial charge in [-0.25, -0.2) is 9.78 Å². The number of fused-ring (bicyclic) bond motifs is 1. The highest BCUT2D eigenvalue weighted by Crippen LogP contribution is 2.23. The lowest BCUT2D eigenvalue weighted by molar-refractivity contribution is -0.886. The predicted molar refractivity (Wildman–Crippen MR) is 105 cm³/mol. The van der Waals surface area contributed by atoms with E-state index in [1.54, 1.807) is 6.92 Å². The number of ether oxygens (including phenoxy) is 2. The second-order valence-electron chi connectivity index (χ2n) is 7.10. The SMILES string of the molecule is CCOC(=O)c1c(C[NH+](C)CC(=O)N2CCOCC2)nc2ccccc2c1C. The average Bonchev–Trinajstić information content (AvgIpc) is 2.69. The molecule has 1 aromatic heterocycles. The summed E-state index contributed by atoms with van der Waals surface area (Å²) in [5.74, 6) is -0.267. The van der Waals surface area contributed by atoms with Crippen molar-refractivity contribution in [3.63, 3.8) is 0 Å². The van der Waals surface area contributed by atoms with E-state index in [-0.39, 0.29) is 11.9 Å². The Balaban J connectivity index is 1.84. The van der Waals surface area contributed by atoms with Gasteiger partial charge >= 0.3 is 5.97 Å². The Morgan fingerprint density at radius 1 is 1.25 bits per heavy atom. The van der Waals surface area contributed by atoms with Crippen molar-refractivity contribution in [3.8, 4) is 0 Å². The molecular weight excluding hydrogens is 358 g/mol. The van der Waals surface area contributed by atoms with Crippen molar-refractivity contribution in [2.75, 3.05) is 46.5 Å². The largest absolute Gasteiger partial charge is 0.462 e. The maximum Gasteiger partial charge on any atom is 0.340 e. The summed E-state index contributed by atoms with van der Waals surface area (Å²) in [6.45, 7) is 7.27. The summed E-state index contributed by atoms with van der Waals surface area (Å²) in [6, 6.07) is 7.77. The van der Waals surface area contributed by atoms with E-state index < -0.39 is 0 Å². The third-order valence-electron chi connectivity index (χ3n) is 4.99. The van der Waals surface area contributed by atoms with Gasteiger partial charge in [-0.1, -0.05) is 18.2 Å². The zero-order valence-corrected chi connectivity index (χ0v) is 16.8. The van der Waals surface area contributed by atoms with Crippen LogP contribution in [0.15, 0.2) is 24.3 Å². The van der Waals surface area contributed by atoms with Crippen LogP contribution in [0.2, 0.25) is 0 Å². The highest BCUT2D eigenvalue weighted by Gasteiger charge is 2.25. The van der Waals surface area contributed by atoms with Gasteiger partial charge in [-0.3, -0.25) is 4.79 Å². The first kappa shape index (κ1) is 20.2. The number of esters is 1. The normalized spacial score (nSPS) is 15.5. The molecule has 1 atom stereocenters. The second kappa shape index (κ2) is 9.12. The van der Waals surface area contributed by atoms with Crippen molar-refractivity contribution >= 4 is 22.8 Å². The van der Waals surface area contributed by atoms with Crippen LogP contribution in [-0.4, -0.2) is 68.3 Å². The number of nitrogens with one attached hydrogen (secondary N) is 1. The number of nitrogens with zero attached hydrogens (tertiary/aromatic N) is 2. The predicted octanol–water partition coefficient (Wildman–Crippen LogP) is 0.593.